The lowest BCUT2D eigenvalue weighted by Gasteiger charge is -2.42. The van der Waals surface area contributed by atoms with Gasteiger partial charge >= 0.3 is 0 Å². The Bertz CT molecular complexity index is 1230. The van der Waals surface area contributed by atoms with E-state index in [1.54, 1.807) is 24.5 Å². The number of benzene rings is 1. The second-order valence-corrected chi connectivity index (χ2v) is 7.74. The second kappa shape index (κ2) is 7.04. The lowest BCUT2D eigenvalue weighted by molar-refractivity contribution is 0.292. The van der Waals surface area contributed by atoms with Crippen LogP contribution >= 0.6 is 11.6 Å². The molecule has 7 heteroatoms. The molecule has 1 fully saturated rings. The van der Waals surface area contributed by atoms with Gasteiger partial charge in [0.05, 0.1) is 5.69 Å². The monoisotopic (exact) mass is 406 g/mol. The molecule has 0 unspecified atom stereocenters. The molecular weight excluding hydrogens is 388 g/mol. The Kier molecular flexibility index (Phi) is 4.36. The maximum absolute atomic E-state index is 12.7. The first-order valence-corrected chi connectivity index (χ1v) is 9.94. The summed E-state index contributed by atoms with van der Waals surface area (Å²) in [7, 11) is 0. The van der Waals surface area contributed by atoms with Crippen LogP contribution in [0.2, 0.25) is 5.02 Å². The molecule has 29 heavy (non-hydrogen) atoms. The van der Waals surface area contributed by atoms with Gasteiger partial charge in [0.15, 0.2) is 5.65 Å². The van der Waals surface area contributed by atoms with Crippen LogP contribution in [0, 0.1) is 0 Å². The summed E-state index contributed by atoms with van der Waals surface area (Å²) in [5, 5.41) is 4.02. The van der Waals surface area contributed by atoms with Crippen molar-refractivity contribution in [3.05, 3.63) is 93.3 Å². The highest BCUT2D eigenvalue weighted by atomic mass is 35.5. The number of hydrogen-bond acceptors (Lipinski definition) is 4. The van der Waals surface area contributed by atoms with Gasteiger partial charge in [-0.05, 0) is 36.6 Å². The molecule has 0 aliphatic heterocycles. The minimum Gasteiger partial charge on any atom is -0.487 e. The van der Waals surface area contributed by atoms with E-state index in [2.05, 4.69) is 21.1 Å². The first kappa shape index (κ1) is 17.9. The molecule has 0 radical (unpaired) electrons. The molecule has 1 aliphatic rings. The highest BCUT2D eigenvalue weighted by Crippen LogP contribution is 2.50. The van der Waals surface area contributed by atoms with Crippen molar-refractivity contribution in [1.82, 2.24) is 19.6 Å². The minimum atomic E-state index is -0.202. The fourth-order valence-corrected chi connectivity index (χ4v) is 4.33. The van der Waals surface area contributed by atoms with Crippen molar-refractivity contribution in [2.45, 2.75) is 31.3 Å². The molecule has 1 N–H and O–H groups in total. The van der Waals surface area contributed by atoms with E-state index < -0.39 is 0 Å². The summed E-state index contributed by atoms with van der Waals surface area (Å²) in [5.74, 6) is 0.684. The van der Waals surface area contributed by atoms with Crippen molar-refractivity contribution < 1.29 is 4.74 Å². The fraction of sp³-hybridized carbons (Fsp3) is 0.227. The summed E-state index contributed by atoms with van der Waals surface area (Å²) in [6, 6.07) is 14.9. The lowest BCUT2D eigenvalue weighted by Crippen LogP contribution is -2.36. The Labute approximate surface area is 172 Å². The molecule has 0 bridgehead atoms. The van der Waals surface area contributed by atoms with Crippen LogP contribution in [0.25, 0.3) is 5.65 Å². The highest BCUT2D eigenvalue weighted by Gasteiger charge is 2.43. The summed E-state index contributed by atoms with van der Waals surface area (Å²) in [5.41, 5.74) is 2.86. The van der Waals surface area contributed by atoms with Crippen molar-refractivity contribution in [3.8, 4) is 5.75 Å². The van der Waals surface area contributed by atoms with Gasteiger partial charge in [-0.25, -0.2) is 9.50 Å². The van der Waals surface area contributed by atoms with Crippen LogP contribution < -0.4 is 10.3 Å². The highest BCUT2D eigenvalue weighted by molar-refractivity contribution is 6.31. The number of H-pyrrole nitrogens is 1. The van der Waals surface area contributed by atoms with Crippen LogP contribution in [-0.2, 0) is 12.0 Å². The summed E-state index contributed by atoms with van der Waals surface area (Å²) >= 11 is 6.51. The molecule has 1 saturated carbocycles. The summed E-state index contributed by atoms with van der Waals surface area (Å²) in [6.07, 6.45) is 6.40. The number of aromatic nitrogens is 4. The topological polar surface area (TPSA) is 72.3 Å². The molecule has 1 aromatic carbocycles. The number of fused-ring (bicyclic) bond motifs is 1. The van der Waals surface area contributed by atoms with Crippen LogP contribution in [0.1, 0.15) is 36.2 Å². The Morgan fingerprint density at radius 2 is 1.93 bits per heavy atom. The molecule has 5 rings (SSSR count). The zero-order valence-electron chi connectivity index (χ0n) is 15.6. The summed E-state index contributed by atoms with van der Waals surface area (Å²) < 4.78 is 7.20. The first-order valence-electron chi connectivity index (χ1n) is 9.56. The zero-order chi connectivity index (χ0) is 19.8. The number of halogens is 1. The van der Waals surface area contributed by atoms with E-state index in [9.17, 15) is 4.79 Å². The smallest absolute Gasteiger partial charge is 0.273 e. The van der Waals surface area contributed by atoms with Gasteiger partial charge in [0.25, 0.3) is 5.56 Å². The number of pyridine rings is 1. The first-order chi connectivity index (χ1) is 14.2. The molecule has 0 atom stereocenters. The van der Waals surface area contributed by atoms with Crippen molar-refractivity contribution in [2.24, 2.45) is 0 Å². The number of hydrogen-bond donors (Lipinski definition) is 1. The Hall–Kier alpha value is -3.12. The SMILES string of the molecule is O=c1cc(COc2ccncc2)nc2cc(C3(c4ccccc4Cl)CCC3)[nH]n12. The van der Waals surface area contributed by atoms with Crippen LogP contribution in [0.3, 0.4) is 0 Å². The van der Waals surface area contributed by atoms with Crippen LogP contribution in [-0.4, -0.2) is 19.6 Å². The standard InChI is InChI=1S/C22H19ClN4O2/c23-18-5-2-1-4-17(18)22(8-3-9-22)19-13-20-25-15(12-21(28)27(20)26-19)14-29-16-6-10-24-11-7-16/h1-2,4-7,10-13,26H,3,8-9,14H2. The van der Waals surface area contributed by atoms with Gasteiger partial charge in [0.2, 0.25) is 0 Å². The van der Waals surface area contributed by atoms with E-state index in [1.807, 2.05) is 24.3 Å². The summed E-state index contributed by atoms with van der Waals surface area (Å²) in [6.45, 7) is 0.214. The molecule has 3 heterocycles. The molecule has 0 spiro atoms. The maximum Gasteiger partial charge on any atom is 0.273 e. The normalized spacial score (nSPS) is 15.2. The molecule has 0 saturated heterocycles. The Morgan fingerprint density at radius 1 is 1.14 bits per heavy atom. The zero-order valence-corrected chi connectivity index (χ0v) is 16.4. The van der Waals surface area contributed by atoms with Gasteiger partial charge in [-0.2, -0.15) is 0 Å². The van der Waals surface area contributed by atoms with Gasteiger partial charge in [0, 0.05) is 40.7 Å². The van der Waals surface area contributed by atoms with E-state index >= 15 is 0 Å². The maximum atomic E-state index is 12.7. The van der Waals surface area contributed by atoms with Gasteiger partial charge in [0.1, 0.15) is 12.4 Å². The van der Waals surface area contributed by atoms with E-state index in [0.29, 0.717) is 17.1 Å². The van der Waals surface area contributed by atoms with Crippen LogP contribution in [0.5, 0.6) is 5.75 Å². The molecule has 146 valence electrons. The number of rotatable bonds is 5. The van der Waals surface area contributed by atoms with Crippen LogP contribution in [0.4, 0.5) is 0 Å². The minimum absolute atomic E-state index is 0.164. The van der Waals surface area contributed by atoms with Gasteiger partial charge in [-0.15, -0.1) is 0 Å². The van der Waals surface area contributed by atoms with Crippen molar-refractivity contribution in [3.63, 3.8) is 0 Å². The largest absolute Gasteiger partial charge is 0.487 e. The number of aromatic amines is 1. The van der Waals surface area contributed by atoms with Gasteiger partial charge in [-0.1, -0.05) is 36.2 Å². The molecule has 3 aromatic heterocycles. The predicted octanol–water partition coefficient (Wildman–Crippen LogP) is 4.12. The number of nitrogens with zero attached hydrogens (tertiary/aromatic N) is 3. The fourth-order valence-electron chi connectivity index (χ4n) is 4.01. The number of nitrogens with one attached hydrogen (secondary N) is 1. The predicted molar refractivity (Wildman–Crippen MR) is 110 cm³/mol. The quantitative estimate of drug-likeness (QED) is 0.541. The van der Waals surface area contributed by atoms with Gasteiger partial charge < -0.3 is 4.74 Å². The molecule has 1 aliphatic carbocycles. The average Bonchev–Trinajstić information content (AvgIpc) is 3.13. The third-order valence-corrected chi connectivity index (χ3v) is 5.98. The Balaban J connectivity index is 1.51. The van der Waals surface area contributed by atoms with Crippen molar-refractivity contribution in [2.75, 3.05) is 0 Å². The Morgan fingerprint density at radius 3 is 2.66 bits per heavy atom. The van der Waals surface area contributed by atoms with E-state index in [-0.39, 0.29) is 17.6 Å². The molecular formula is C22H19ClN4O2. The van der Waals surface area contributed by atoms with Crippen molar-refractivity contribution in [1.29, 1.82) is 0 Å². The van der Waals surface area contributed by atoms with E-state index in [1.165, 1.54) is 10.6 Å². The van der Waals surface area contributed by atoms with Gasteiger partial charge in [-0.3, -0.25) is 14.9 Å². The molecule has 0 amide bonds. The number of ether oxygens (including phenoxy) is 1. The molecule has 4 aromatic rings. The third-order valence-electron chi connectivity index (χ3n) is 5.65. The lowest BCUT2D eigenvalue weighted by atomic mass is 9.62. The summed E-state index contributed by atoms with van der Waals surface area (Å²) in [4.78, 5) is 21.2. The second-order valence-electron chi connectivity index (χ2n) is 7.34. The van der Waals surface area contributed by atoms with E-state index in [4.69, 9.17) is 16.3 Å². The average molecular weight is 407 g/mol. The van der Waals surface area contributed by atoms with Crippen LogP contribution in [0.15, 0.2) is 65.7 Å². The molecule has 6 nitrogen and oxygen atoms in total. The van der Waals surface area contributed by atoms with E-state index in [0.717, 1.165) is 35.5 Å². The van der Waals surface area contributed by atoms with Crippen molar-refractivity contribution >= 4 is 17.2 Å². The third kappa shape index (κ3) is 3.09.